The zero-order valence-corrected chi connectivity index (χ0v) is 12.1. The van der Waals surface area contributed by atoms with Crippen LogP contribution >= 0.6 is 0 Å². The Balaban J connectivity index is 2.16. The van der Waals surface area contributed by atoms with Crippen LogP contribution in [0.4, 0.5) is 13.2 Å². The van der Waals surface area contributed by atoms with Crippen molar-refractivity contribution in [3.8, 4) is 0 Å². The van der Waals surface area contributed by atoms with Gasteiger partial charge < -0.3 is 10.2 Å². The summed E-state index contributed by atoms with van der Waals surface area (Å²) in [6, 6.07) is 5.10. The van der Waals surface area contributed by atoms with Crippen molar-refractivity contribution in [2.75, 3.05) is 20.6 Å². The number of hydrogen-bond acceptors (Lipinski definition) is 2. The van der Waals surface area contributed by atoms with Gasteiger partial charge in [-0.3, -0.25) is 4.79 Å². The summed E-state index contributed by atoms with van der Waals surface area (Å²) in [4.78, 5) is 13.5. The van der Waals surface area contributed by atoms with Crippen LogP contribution < -0.4 is 5.32 Å². The highest BCUT2D eigenvalue weighted by molar-refractivity contribution is 5.81. The van der Waals surface area contributed by atoms with E-state index in [9.17, 15) is 18.0 Å². The topological polar surface area (TPSA) is 32.3 Å². The maximum Gasteiger partial charge on any atom is 0.416 e. The van der Waals surface area contributed by atoms with Crippen molar-refractivity contribution in [1.29, 1.82) is 0 Å². The van der Waals surface area contributed by atoms with Crippen LogP contribution in [-0.4, -0.2) is 37.5 Å². The first kappa shape index (κ1) is 15.8. The van der Waals surface area contributed by atoms with Gasteiger partial charge in [-0.2, -0.15) is 13.2 Å². The van der Waals surface area contributed by atoms with Crippen LogP contribution in [-0.2, 0) is 11.0 Å². The molecule has 21 heavy (non-hydrogen) atoms. The van der Waals surface area contributed by atoms with Gasteiger partial charge in [0, 0.05) is 14.1 Å². The van der Waals surface area contributed by atoms with E-state index in [0.717, 1.165) is 12.5 Å². The molecule has 1 aliphatic heterocycles. The lowest BCUT2D eigenvalue weighted by Crippen LogP contribution is -2.47. The molecule has 1 fully saturated rings. The lowest BCUT2D eigenvalue weighted by Gasteiger charge is -2.31. The Labute approximate surface area is 122 Å². The quantitative estimate of drug-likeness (QED) is 0.910. The van der Waals surface area contributed by atoms with Gasteiger partial charge in [0.1, 0.15) is 0 Å². The van der Waals surface area contributed by atoms with E-state index in [0.29, 0.717) is 18.5 Å². The molecule has 2 unspecified atom stereocenters. The fourth-order valence-electron chi connectivity index (χ4n) is 2.69. The van der Waals surface area contributed by atoms with Crippen molar-refractivity contribution in [3.05, 3.63) is 35.4 Å². The molecule has 2 atom stereocenters. The van der Waals surface area contributed by atoms with E-state index < -0.39 is 11.7 Å². The largest absolute Gasteiger partial charge is 0.416 e. The minimum Gasteiger partial charge on any atom is -0.347 e. The standard InChI is InChI=1S/C15H19F3N2O/c1-20(2)14(21)13-9-11(6-7-19-13)10-4-3-5-12(8-10)15(16,17)18/h3-5,8,11,13,19H,6-7,9H2,1-2H3. The number of nitrogens with one attached hydrogen (secondary N) is 1. The second-order valence-electron chi connectivity index (χ2n) is 5.58. The van der Waals surface area contributed by atoms with Crippen molar-refractivity contribution in [2.24, 2.45) is 0 Å². The normalized spacial score (nSPS) is 22.9. The first-order chi connectivity index (χ1) is 9.79. The highest BCUT2D eigenvalue weighted by atomic mass is 19.4. The van der Waals surface area contributed by atoms with E-state index in [4.69, 9.17) is 0 Å². The Bertz CT molecular complexity index is 514. The average Bonchev–Trinajstić information content (AvgIpc) is 2.46. The maximum absolute atomic E-state index is 12.8. The van der Waals surface area contributed by atoms with E-state index in [-0.39, 0.29) is 17.9 Å². The number of halogens is 3. The van der Waals surface area contributed by atoms with Gasteiger partial charge >= 0.3 is 6.18 Å². The molecule has 0 aliphatic carbocycles. The first-order valence-corrected chi connectivity index (χ1v) is 6.90. The van der Waals surface area contributed by atoms with Crippen molar-refractivity contribution < 1.29 is 18.0 Å². The minimum absolute atomic E-state index is 0.0255. The highest BCUT2D eigenvalue weighted by Crippen LogP contribution is 2.34. The molecule has 6 heteroatoms. The molecule has 116 valence electrons. The monoisotopic (exact) mass is 300 g/mol. The van der Waals surface area contributed by atoms with Crippen LogP contribution in [0.15, 0.2) is 24.3 Å². The third-order valence-electron chi connectivity index (χ3n) is 3.83. The molecule has 0 aromatic heterocycles. The number of hydrogen-bond donors (Lipinski definition) is 1. The summed E-state index contributed by atoms with van der Waals surface area (Å²) in [5, 5.41) is 3.13. The molecule has 0 spiro atoms. The summed E-state index contributed by atoms with van der Waals surface area (Å²) in [5.41, 5.74) is 0.0249. The molecule has 1 N–H and O–H groups in total. The van der Waals surface area contributed by atoms with Gasteiger partial charge in [0.05, 0.1) is 11.6 Å². The molecular weight excluding hydrogens is 281 g/mol. The first-order valence-electron chi connectivity index (χ1n) is 6.90. The van der Waals surface area contributed by atoms with Crippen molar-refractivity contribution in [1.82, 2.24) is 10.2 Å². The summed E-state index contributed by atoms with van der Waals surface area (Å²) < 4.78 is 38.3. The summed E-state index contributed by atoms with van der Waals surface area (Å²) in [5.74, 6) is -0.0610. The molecule has 1 saturated heterocycles. The van der Waals surface area contributed by atoms with Gasteiger partial charge in [-0.15, -0.1) is 0 Å². The summed E-state index contributed by atoms with van der Waals surface area (Å²) in [6.45, 7) is 0.630. The third kappa shape index (κ3) is 3.75. The van der Waals surface area contributed by atoms with Gasteiger partial charge in [0.15, 0.2) is 0 Å². The van der Waals surface area contributed by atoms with E-state index in [1.165, 1.54) is 17.0 Å². The smallest absolute Gasteiger partial charge is 0.347 e. The van der Waals surface area contributed by atoms with Crippen LogP contribution in [0.5, 0.6) is 0 Å². The lowest BCUT2D eigenvalue weighted by atomic mass is 9.85. The predicted molar refractivity (Wildman–Crippen MR) is 73.9 cm³/mol. The summed E-state index contributed by atoms with van der Waals surface area (Å²) in [7, 11) is 3.36. The van der Waals surface area contributed by atoms with Crippen LogP contribution in [0.2, 0.25) is 0 Å². The van der Waals surface area contributed by atoms with Crippen molar-refractivity contribution in [2.45, 2.75) is 31.0 Å². The van der Waals surface area contributed by atoms with Crippen molar-refractivity contribution >= 4 is 5.91 Å². The molecule has 3 nitrogen and oxygen atoms in total. The number of rotatable bonds is 2. The number of benzene rings is 1. The van der Waals surface area contributed by atoms with Crippen LogP contribution in [0.25, 0.3) is 0 Å². The Morgan fingerprint density at radius 1 is 1.33 bits per heavy atom. The van der Waals surface area contributed by atoms with E-state index in [2.05, 4.69) is 5.32 Å². The van der Waals surface area contributed by atoms with Gasteiger partial charge in [0.25, 0.3) is 0 Å². The number of likely N-dealkylation sites (N-methyl/N-ethyl adjacent to an activating group) is 1. The number of amides is 1. The SMILES string of the molecule is CN(C)C(=O)C1CC(c2cccc(C(F)(F)F)c2)CCN1. The number of carbonyl (C=O) groups excluding carboxylic acids is 1. The molecular formula is C15H19F3N2O. The Morgan fingerprint density at radius 3 is 2.67 bits per heavy atom. The Morgan fingerprint density at radius 2 is 2.05 bits per heavy atom. The van der Waals surface area contributed by atoms with E-state index >= 15 is 0 Å². The summed E-state index contributed by atoms with van der Waals surface area (Å²) in [6.07, 6.45) is -3.07. The van der Waals surface area contributed by atoms with E-state index in [1.807, 2.05) is 0 Å². The molecule has 1 aromatic carbocycles. The van der Waals surface area contributed by atoms with Crippen LogP contribution in [0, 0.1) is 0 Å². The van der Waals surface area contributed by atoms with Crippen molar-refractivity contribution in [3.63, 3.8) is 0 Å². The molecule has 1 aliphatic rings. The molecule has 1 aromatic rings. The highest BCUT2D eigenvalue weighted by Gasteiger charge is 2.33. The molecule has 0 radical (unpaired) electrons. The fraction of sp³-hybridized carbons (Fsp3) is 0.533. The van der Waals surface area contributed by atoms with E-state index in [1.54, 1.807) is 20.2 Å². The second kappa shape index (κ2) is 6.05. The zero-order valence-electron chi connectivity index (χ0n) is 12.1. The Hall–Kier alpha value is -1.56. The van der Waals surface area contributed by atoms with Gasteiger partial charge in [-0.1, -0.05) is 18.2 Å². The molecule has 2 rings (SSSR count). The second-order valence-corrected chi connectivity index (χ2v) is 5.58. The summed E-state index contributed by atoms with van der Waals surface area (Å²) >= 11 is 0. The number of nitrogens with zero attached hydrogens (tertiary/aromatic N) is 1. The number of piperidine rings is 1. The van der Waals surface area contributed by atoms with Crippen LogP contribution in [0.1, 0.15) is 29.9 Å². The van der Waals surface area contributed by atoms with Crippen LogP contribution in [0.3, 0.4) is 0 Å². The molecule has 0 saturated carbocycles. The molecule has 1 amide bonds. The molecule has 1 heterocycles. The van der Waals surface area contributed by atoms with Gasteiger partial charge in [-0.05, 0) is 36.9 Å². The fourth-order valence-corrected chi connectivity index (χ4v) is 2.69. The maximum atomic E-state index is 12.8. The number of carbonyl (C=O) groups is 1. The molecule has 0 bridgehead atoms. The lowest BCUT2D eigenvalue weighted by molar-refractivity contribution is -0.137. The van der Waals surface area contributed by atoms with Gasteiger partial charge in [-0.25, -0.2) is 0 Å². The minimum atomic E-state index is -4.33. The number of alkyl halides is 3. The Kier molecular flexibility index (Phi) is 4.56. The average molecular weight is 300 g/mol. The third-order valence-corrected chi connectivity index (χ3v) is 3.83. The predicted octanol–water partition coefficient (Wildman–Crippen LogP) is 2.63. The van der Waals surface area contributed by atoms with Gasteiger partial charge in [0.2, 0.25) is 5.91 Å². The zero-order chi connectivity index (χ0) is 15.6.